The summed E-state index contributed by atoms with van der Waals surface area (Å²) in [5.74, 6) is 1.25. The van der Waals surface area contributed by atoms with Crippen molar-refractivity contribution >= 4 is 99.6 Å². The van der Waals surface area contributed by atoms with Crippen LogP contribution in [0.1, 0.15) is 30.4 Å². The van der Waals surface area contributed by atoms with E-state index in [2.05, 4.69) is 167 Å². The molecule has 22 heterocycles. The number of pyridine rings is 12. The van der Waals surface area contributed by atoms with E-state index in [1.807, 2.05) is 106 Å². The fourth-order valence-corrected chi connectivity index (χ4v) is 17.8. The predicted octanol–water partition coefficient (Wildman–Crippen LogP) is 20.4. The number of aryl methyl sites for hydroxylation is 2. The van der Waals surface area contributed by atoms with Gasteiger partial charge >= 0.3 is 0 Å². The van der Waals surface area contributed by atoms with Gasteiger partial charge in [0.05, 0.1) is 114 Å². The zero-order valence-corrected chi connectivity index (χ0v) is 74.6. The lowest BCUT2D eigenvalue weighted by Gasteiger charge is -2.33. The second kappa shape index (κ2) is 36.3. The molecule has 0 aliphatic carbocycles. The number of aromatic amines is 8. The van der Waals surface area contributed by atoms with Gasteiger partial charge in [-0.25, -0.2) is 57.4 Å². The van der Waals surface area contributed by atoms with Gasteiger partial charge in [0.2, 0.25) is 0 Å². The van der Waals surface area contributed by atoms with Crippen molar-refractivity contribution in [2.75, 3.05) is 56.1 Å². The third-order valence-electron chi connectivity index (χ3n) is 25.1. The van der Waals surface area contributed by atoms with Crippen LogP contribution < -0.4 is 9.80 Å². The van der Waals surface area contributed by atoms with Gasteiger partial charge in [0.15, 0.2) is 45.9 Å². The molecule has 2 aliphatic rings. The molecule has 678 valence electrons. The Kier molecular flexibility index (Phi) is 22.2. The van der Waals surface area contributed by atoms with Gasteiger partial charge in [0.1, 0.15) is 46.0 Å². The molecule has 0 spiro atoms. The normalized spacial score (nSPS) is 13.0. The Morgan fingerprint density at radius 3 is 0.950 bits per heavy atom. The maximum absolute atomic E-state index is 13.9. The van der Waals surface area contributed by atoms with E-state index in [1.165, 1.54) is 67.8 Å². The number of aromatic nitrogens is 28. The Morgan fingerprint density at radius 2 is 0.590 bits per heavy atom. The molecule has 20 aromatic heterocycles. The van der Waals surface area contributed by atoms with Crippen molar-refractivity contribution in [3.8, 4) is 135 Å². The fraction of sp³-hybridized carbons (Fsp3) is 0.115. The van der Waals surface area contributed by atoms with Crippen LogP contribution in [0.25, 0.3) is 223 Å². The van der Waals surface area contributed by atoms with Gasteiger partial charge in [0.25, 0.3) is 0 Å². The molecule has 8 N–H and O–H groups in total. The molecule has 0 radical (unpaired) electrons. The summed E-state index contributed by atoms with van der Waals surface area (Å²) < 4.78 is 55.0. The van der Waals surface area contributed by atoms with E-state index < -0.39 is 0 Å². The lowest BCUT2D eigenvalue weighted by atomic mass is 10.0. The van der Waals surface area contributed by atoms with Crippen molar-refractivity contribution in [1.82, 2.24) is 145 Å². The molecule has 139 heavy (non-hydrogen) atoms. The number of H-pyrrole nitrogens is 8. The first-order valence-electron chi connectivity index (χ1n) is 44.9. The SMILES string of the molecule is CN1CCN(c2cncc(-c3cnc4n[nH]c(-c5nc6c(-c7cccc(F)c7)cncc6[nH]5)c4c3)c2)CC1.Cc1ccncc1-c1cnc2n[nH]c(-c3nc4c(-c5ccc(F)cc5)cncc4[nH]3)c2c1.Cc1ccncc1-c1cnc2n[nH]c(-c3nc4c(-c5cccc(F)c5)cncc4[nH]3)c2c1.Fc1cccc(-c2cncc3[nH]c(-c4[nH]nc5ncc(-c6cncc(N7CCCCC7)c6)cc45)nc23)c1. The number of fused-ring (bicyclic) bond motifs is 8. The minimum atomic E-state index is -0.306. The molecule has 31 nitrogen and oxygen atoms in total. The quantitative estimate of drug-likeness (QED) is 0.0469. The largest absolute Gasteiger partial charge is 0.370 e. The molecular formula is C104H79F4N31. The Balaban J connectivity index is 0.000000104. The van der Waals surface area contributed by atoms with Crippen LogP contribution in [-0.4, -0.2) is 192 Å². The van der Waals surface area contributed by atoms with E-state index in [9.17, 15) is 17.6 Å². The van der Waals surface area contributed by atoms with Crippen molar-refractivity contribution in [3.63, 3.8) is 0 Å². The van der Waals surface area contributed by atoms with E-state index >= 15 is 0 Å². The number of piperazine rings is 1. The number of benzene rings is 4. The van der Waals surface area contributed by atoms with E-state index in [1.54, 1.807) is 105 Å². The van der Waals surface area contributed by atoms with Crippen LogP contribution in [0.3, 0.4) is 0 Å². The molecule has 0 amide bonds. The zero-order valence-electron chi connectivity index (χ0n) is 74.6. The molecule has 2 aliphatic heterocycles. The molecule has 35 heteroatoms. The number of hydrogen-bond donors (Lipinski definition) is 8. The Labute approximate surface area is 786 Å². The molecule has 0 saturated carbocycles. The summed E-state index contributed by atoms with van der Waals surface area (Å²) in [6.07, 6.45) is 39.4. The maximum atomic E-state index is 13.9. The Bertz CT molecular complexity index is 8760. The van der Waals surface area contributed by atoms with Crippen molar-refractivity contribution < 1.29 is 17.6 Å². The number of nitrogens with one attached hydrogen (secondary N) is 8. The average molecular weight is 1840 g/mol. The summed E-state index contributed by atoms with van der Waals surface area (Å²) in [5.41, 5.74) is 29.5. The summed E-state index contributed by atoms with van der Waals surface area (Å²) in [5, 5.41) is 33.1. The molecule has 4 aromatic carbocycles. The highest BCUT2D eigenvalue weighted by Gasteiger charge is 2.26. The molecule has 0 unspecified atom stereocenters. The standard InChI is InChI=1S/C28H24FN9.C28H23FN8.2C24H16FN7/c1-37-5-7-38(8-6-37)21-10-18(12-30-14-21)19-11-22-26(35-36-27(22)32-13-19)28-33-24-16-31-15-23(25(24)34-28)17-3-2-4-20(29)9-17;29-20-6-4-5-17(9-20)23-15-31-16-24-25(23)34-28(33-24)26-22-11-19(13-32-27(22)36-35-26)18-10-21(14-30-12-18)37-7-2-1-3-8-37;1-13-6-7-26-10-18(13)15-8-17-22(31-32-23(17)28-9-15)24-29-20-12-27-11-19(21(20)30-24)14-2-4-16(25)5-3-14;1-13-5-6-26-10-18(13)15-8-17-22(31-32-23(17)28-9-15)24-29-20-12-27-11-19(21(20)30-24)14-3-2-4-16(25)7-14/h2-4,9-16H,5-8H2,1H3,(H,33,34)(H,32,35,36);4-6,9-16H,1-3,7-8H2,(H,33,34)(H,32,35,36);2*2-12H,1H3,(H,29,30)(H,28,31,32). The number of imidazole rings is 4. The van der Waals surface area contributed by atoms with Crippen molar-refractivity contribution in [1.29, 1.82) is 0 Å². The summed E-state index contributed by atoms with van der Waals surface area (Å²) >= 11 is 0. The molecule has 0 atom stereocenters. The molecule has 2 fully saturated rings. The number of piperidine rings is 1. The van der Waals surface area contributed by atoms with E-state index in [0.717, 1.165) is 212 Å². The second-order valence-corrected chi connectivity index (χ2v) is 34.1. The Morgan fingerprint density at radius 1 is 0.266 bits per heavy atom. The van der Waals surface area contributed by atoms with Crippen LogP contribution in [0.4, 0.5) is 28.9 Å². The lowest BCUT2D eigenvalue weighted by molar-refractivity contribution is 0.313. The summed E-state index contributed by atoms with van der Waals surface area (Å²) in [4.78, 5) is 92.8. The van der Waals surface area contributed by atoms with Crippen LogP contribution in [-0.2, 0) is 0 Å². The minimum absolute atomic E-state index is 0.285. The minimum Gasteiger partial charge on any atom is -0.370 e. The smallest absolute Gasteiger partial charge is 0.181 e. The highest BCUT2D eigenvalue weighted by atomic mass is 19.1. The summed E-state index contributed by atoms with van der Waals surface area (Å²) in [7, 11) is 2.15. The van der Waals surface area contributed by atoms with Gasteiger partial charge in [0, 0.05) is 193 Å². The lowest BCUT2D eigenvalue weighted by Crippen LogP contribution is -2.44. The second-order valence-electron chi connectivity index (χ2n) is 34.1. The first kappa shape index (κ1) is 84.9. The molecule has 2 saturated heterocycles. The van der Waals surface area contributed by atoms with Crippen LogP contribution in [0.15, 0.2) is 270 Å². The third kappa shape index (κ3) is 16.9. The monoisotopic (exact) mass is 1840 g/mol. The molecular weight excluding hydrogens is 1760 g/mol. The highest BCUT2D eigenvalue weighted by molar-refractivity contribution is 6.02. The first-order valence-corrected chi connectivity index (χ1v) is 44.9. The zero-order chi connectivity index (χ0) is 93.7. The van der Waals surface area contributed by atoms with E-state index in [0.29, 0.717) is 73.6 Å². The topological polar surface area (TPSA) is 394 Å². The number of likely N-dealkylation sites (N-methyl/N-ethyl adjacent to an activating group) is 1. The number of halogens is 4. The number of hydrogen-bond acceptors (Lipinski definition) is 23. The highest BCUT2D eigenvalue weighted by Crippen LogP contribution is 2.41. The first-order chi connectivity index (χ1) is 68.2. The third-order valence-corrected chi connectivity index (χ3v) is 25.1. The number of rotatable bonds is 14. The van der Waals surface area contributed by atoms with Gasteiger partial charge in [-0.2, -0.15) is 20.4 Å². The van der Waals surface area contributed by atoms with Crippen LogP contribution in [0, 0.1) is 37.1 Å². The average Bonchev–Trinajstić information content (AvgIpc) is 1.62. The van der Waals surface area contributed by atoms with Gasteiger partial charge in [-0.3, -0.25) is 60.3 Å². The van der Waals surface area contributed by atoms with E-state index in [4.69, 9.17) is 19.9 Å². The van der Waals surface area contributed by atoms with Crippen molar-refractivity contribution in [3.05, 3.63) is 304 Å². The van der Waals surface area contributed by atoms with Crippen LogP contribution in [0.5, 0.6) is 0 Å². The number of nitrogens with zero attached hydrogens (tertiary/aromatic N) is 23. The Hall–Kier alpha value is -18.3. The van der Waals surface area contributed by atoms with Gasteiger partial charge < -0.3 is 34.6 Å². The van der Waals surface area contributed by atoms with Crippen molar-refractivity contribution in [2.24, 2.45) is 0 Å². The number of anilines is 2. The summed E-state index contributed by atoms with van der Waals surface area (Å²) in [6.45, 7) is 10.2. The molecule has 0 bridgehead atoms. The van der Waals surface area contributed by atoms with Crippen molar-refractivity contribution in [2.45, 2.75) is 33.1 Å². The van der Waals surface area contributed by atoms with Gasteiger partial charge in [-0.1, -0.05) is 48.5 Å². The van der Waals surface area contributed by atoms with E-state index in [-0.39, 0.29) is 23.3 Å². The summed E-state index contributed by atoms with van der Waals surface area (Å²) in [6, 6.07) is 42.1. The van der Waals surface area contributed by atoms with Crippen LogP contribution >= 0.6 is 0 Å². The fourth-order valence-electron chi connectivity index (χ4n) is 17.8. The molecule has 24 aromatic rings. The predicted molar refractivity (Wildman–Crippen MR) is 527 cm³/mol. The maximum Gasteiger partial charge on any atom is 0.181 e. The van der Waals surface area contributed by atoms with Gasteiger partial charge in [-0.15, -0.1) is 0 Å². The van der Waals surface area contributed by atoms with Gasteiger partial charge in [-0.05, 0) is 171 Å². The molecule has 26 rings (SSSR count). The van der Waals surface area contributed by atoms with Crippen LogP contribution in [0.2, 0.25) is 0 Å².